The molecule has 1 aliphatic rings. The van der Waals surface area contributed by atoms with Gasteiger partial charge in [-0.3, -0.25) is 19.1 Å². The molecule has 1 fully saturated rings. The van der Waals surface area contributed by atoms with Gasteiger partial charge in [-0.05, 0) is 19.1 Å². The first kappa shape index (κ1) is 22.1. The van der Waals surface area contributed by atoms with E-state index in [9.17, 15) is 31.9 Å². The standard InChI is InChI=1S/C17H13ClF4N4O3S/c1-3-25-14(28)7-30-15(25)23-10-5-11(9(19)4-8(10)18)26-13(27)6-12(17(20,21)22)24(2)16(26)29/h4-6H,3,7H2,1-2H3/b23-15-. The average molecular weight is 465 g/mol. The van der Waals surface area contributed by atoms with E-state index in [-0.39, 0.29) is 42.7 Å². The summed E-state index contributed by atoms with van der Waals surface area (Å²) in [6.07, 6.45) is -4.95. The molecule has 2 aromatic rings. The van der Waals surface area contributed by atoms with E-state index in [0.717, 1.165) is 30.9 Å². The quantitative estimate of drug-likeness (QED) is 0.654. The summed E-state index contributed by atoms with van der Waals surface area (Å²) in [7, 11) is 0.815. The van der Waals surface area contributed by atoms with Gasteiger partial charge in [0.2, 0.25) is 5.91 Å². The number of thioether (sulfide) groups is 1. The molecule has 1 aromatic heterocycles. The van der Waals surface area contributed by atoms with Crippen molar-refractivity contribution in [3.8, 4) is 5.69 Å². The lowest BCUT2D eigenvalue weighted by Gasteiger charge is -2.15. The molecule has 1 aliphatic heterocycles. The van der Waals surface area contributed by atoms with Crippen molar-refractivity contribution in [1.29, 1.82) is 0 Å². The number of benzene rings is 1. The van der Waals surface area contributed by atoms with Crippen LogP contribution in [0.15, 0.2) is 32.8 Å². The molecular weight excluding hydrogens is 452 g/mol. The average Bonchev–Trinajstić information content (AvgIpc) is 3.00. The third kappa shape index (κ3) is 3.88. The number of carbonyl (C=O) groups excluding carboxylic acids is 1. The van der Waals surface area contributed by atoms with Crippen molar-refractivity contribution < 1.29 is 22.4 Å². The normalized spacial score (nSPS) is 16.0. The summed E-state index contributed by atoms with van der Waals surface area (Å²) in [5.41, 5.74) is -4.91. The van der Waals surface area contributed by atoms with Gasteiger partial charge in [-0.15, -0.1) is 0 Å². The molecule has 0 atom stereocenters. The number of alkyl halides is 3. The Morgan fingerprint density at radius 3 is 2.47 bits per heavy atom. The zero-order valence-electron chi connectivity index (χ0n) is 15.5. The van der Waals surface area contributed by atoms with Crippen molar-refractivity contribution in [1.82, 2.24) is 14.0 Å². The van der Waals surface area contributed by atoms with Crippen LogP contribution in [0, 0.1) is 5.82 Å². The maximum atomic E-state index is 14.5. The Hall–Kier alpha value is -2.60. The predicted octanol–water partition coefficient (Wildman–Crippen LogP) is 2.93. The number of carbonyl (C=O) groups is 1. The zero-order chi connectivity index (χ0) is 22.4. The molecule has 0 spiro atoms. The topological polar surface area (TPSA) is 76.7 Å². The van der Waals surface area contributed by atoms with Gasteiger partial charge in [-0.2, -0.15) is 13.2 Å². The van der Waals surface area contributed by atoms with Crippen LogP contribution in [0.5, 0.6) is 0 Å². The van der Waals surface area contributed by atoms with Crippen molar-refractivity contribution in [2.24, 2.45) is 12.0 Å². The molecule has 3 rings (SSSR count). The van der Waals surface area contributed by atoms with Gasteiger partial charge >= 0.3 is 11.9 Å². The third-order valence-electron chi connectivity index (χ3n) is 4.26. The molecule has 0 saturated carbocycles. The van der Waals surface area contributed by atoms with Crippen molar-refractivity contribution in [3.05, 3.63) is 55.6 Å². The number of hydrogen-bond donors (Lipinski definition) is 0. The van der Waals surface area contributed by atoms with Crippen LogP contribution in [0.1, 0.15) is 12.6 Å². The number of nitrogens with zero attached hydrogens (tertiary/aromatic N) is 4. The molecule has 2 heterocycles. The smallest absolute Gasteiger partial charge is 0.292 e. The first-order valence-electron chi connectivity index (χ1n) is 8.37. The van der Waals surface area contributed by atoms with E-state index in [1.54, 1.807) is 6.92 Å². The number of aliphatic imine (C=N–C) groups is 1. The minimum absolute atomic E-state index is 0.0578. The SMILES string of the molecule is CCN1C(=O)CS/C1=N\c1cc(-n2c(=O)cc(C(F)(F)F)n(C)c2=O)c(F)cc1Cl. The number of amidine groups is 1. The maximum Gasteiger partial charge on any atom is 0.431 e. The molecule has 1 saturated heterocycles. The lowest BCUT2D eigenvalue weighted by molar-refractivity contribution is -0.144. The Morgan fingerprint density at radius 1 is 1.20 bits per heavy atom. The van der Waals surface area contributed by atoms with Crippen molar-refractivity contribution >= 4 is 40.1 Å². The van der Waals surface area contributed by atoms with E-state index < -0.39 is 34.6 Å². The highest BCUT2D eigenvalue weighted by molar-refractivity contribution is 8.15. The maximum absolute atomic E-state index is 14.5. The number of halogens is 5. The van der Waals surface area contributed by atoms with E-state index in [2.05, 4.69) is 4.99 Å². The summed E-state index contributed by atoms with van der Waals surface area (Å²) in [6.45, 7) is 2.05. The summed E-state index contributed by atoms with van der Waals surface area (Å²) in [5, 5.41) is 0.117. The first-order chi connectivity index (χ1) is 14.0. The molecule has 0 bridgehead atoms. The highest BCUT2D eigenvalue weighted by Gasteiger charge is 2.35. The van der Waals surface area contributed by atoms with Crippen LogP contribution in [0.4, 0.5) is 23.2 Å². The molecule has 0 radical (unpaired) electrons. The van der Waals surface area contributed by atoms with Crippen molar-refractivity contribution in [2.75, 3.05) is 12.3 Å². The van der Waals surface area contributed by atoms with Crippen LogP contribution in [0.2, 0.25) is 5.02 Å². The van der Waals surface area contributed by atoms with Crippen LogP contribution in [-0.2, 0) is 18.0 Å². The molecule has 1 amide bonds. The van der Waals surface area contributed by atoms with Crippen molar-refractivity contribution in [3.63, 3.8) is 0 Å². The van der Waals surface area contributed by atoms with E-state index in [1.807, 2.05) is 0 Å². The van der Waals surface area contributed by atoms with Crippen LogP contribution in [-0.4, -0.2) is 37.4 Å². The summed E-state index contributed by atoms with van der Waals surface area (Å²) < 4.78 is 54.0. The Bertz CT molecular complexity index is 1190. The molecule has 7 nitrogen and oxygen atoms in total. The molecule has 13 heteroatoms. The van der Waals surface area contributed by atoms with Crippen LogP contribution in [0.25, 0.3) is 5.69 Å². The third-order valence-corrected chi connectivity index (χ3v) is 5.52. The Labute approximate surface area is 175 Å². The Balaban J connectivity index is 2.21. The monoisotopic (exact) mass is 464 g/mol. The van der Waals surface area contributed by atoms with Crippen LogP contribution >= 0.6 is 23.4 Å². The minimum Gasteiger partial charge on any atom is -0.292 e. The summed E-state index contributed by atoms with van der Waals surface area (Å²) in [6, 6.07) is 1.96. The molecule has 0 N–H and O–H groups in total. The number of hydrogen-bond acceptors (Lipinski definition) is 5. The minimum atomic E-state index is -4.95. The van der Waals surface area contributed by atoms with E-state index in [4.69, 9.17) is 11.6 Å². The first-order valence-corrected chi connectivity index (χ1v) is 9.73. The summed E-state index contributed by atoms with van der Waals surface area (Å²) >= 11 is 7.13. The molecule has 160 valence electrons. The second-order valence-electron chi connectivity index (χ2n) is 6.12. The van der Waals surface area contributed by atoms with Gasteiger partial charge in [0.05, 0.1) is 22.2 Å². The molecule has 30 heavy (non-hydrogen) atoms. The van der Waals surface area contributed by atoms with Gasteiger partial charge in [-0.25, -0.2) is 18.7 Å². The van der Waals surface area contributed by atoms with Gasteiger partial charge < -0.3 is 0 Å². The van der Waals surface area contributed by atoms with Gasteiger partial charge in [0.15, 0.2) is 5.17 Å². The number of amides is 1. The Kier molecular flexibility index (Phi) is 5.83. The fourth-order valence-corrected chi connectivity index (χ4v) is 3.95. The van der Waals surface area contributed by atoms with E-state index in [1.165, 1.54) is 4.90 Å². The predicted molar refractivity (Wildman–Crippen MR) is 104 cm³/mol. The van der Waals surface area contributed by atoms with Gasteiger partial charge in [-0.1, -0.05) is 23.4 Å². The largest absolute Gasteiger partial charge is 0.431 e. The fourth-order valence-electron chi connectivity index (χ4n) is 2.80. The fraction of sp³-hybridized carbons (Fsp3) is 0.294. The number of rotatable bonds is 3. The zero-order valence-corrected chi connectivity index (χ0v) is 17.0. The second kappa shape index (κ2) is 7.91. The highest BCUT2D eigenvalue weighted by atomic mass is 35.5. The Morgan fingerprint density at radius 2 is 1.87 bits per heavy atom. The summed E-state index contributed by atoms with van der Waals surface area (Å²) in [4.78, 5) is 42.1. The van der Waals surface area contributed by atoms with Gasteiger partial charge in [0, 0.05) is 19.7 Å². The number of aromatic nitrogens is 2. The van der Waals surface area contributed by atoms with Gasteiger partial charge in [0.1, 0.15) is 11.5 Å². The van der Waals surface area contributed by atoms with E-state index >= 15 is 0 Å². The lowest BCUT2D eigenvalue weighted by atomic mass is 10.2. The molecule has 0 unspecified atom stereocenters. The van der Waals surface area contributed by atoms with Crippen molar-refractivity contribution in [2.45, 2.75) is 13.1 Å². The van der Waals surface area contributed by atoms with Crippen LogP contribution < -0.4 is 11.2 Å². The van der Waals surface area contributed by atoms with Crippen LogP contribution in [0.3, 0.4) is 0 Å². The van der Waals surface area contributed by atoms with Gasteiger partial charge in [0.25, 0.3) is 5.56 Å². The second-order valence-corrected chi connectivity index (χ2v) is 7.47. The molecule has 0 aliphatic carbocycles. The summed E-state index contributed by atoms with van der Waals surface area (Å²) in [5.74, 6) is -1.14. The lowest BCUT2D eigenvalue weighted by Crippen LogP contribution is -2.41. The molecular formula is C17H13ClF4N4O3S. The van der Waals surface area contributed by atoms with E-state index in [0.29, 0.717) is 6.54 Å². The molecule has 1 aromatic carbocycles. The highest BCUT2D eigenvalue weighted by Crippen LogP contribution is 2.32.